The lowest BCUT2D eigenvalue weighted by Crippen LogP contribution is -2.50. The number of rotatable bonds is 5. The van der Waals surface area contributed by atoms with E-state index in [9.17, 15) is 4.39 Å². The van der Waals surface area contributed by atoms with Gasteiger partial charge in [0, 0.05) is 24.8 Å². The third kappa shape index (κ3) is 3.76. The standard InChI is InChI=1S/C18H27FN2/c1-2-14-10-17(20-11-15-4-3-5-15)13-21(12-14)18-8-6-16(19)7-9-18/h6-9,14-15,17,20H,2-5,10-13H2,1H3. The van der Waals surface area contributed by atoms with E-state index in [-0.39, 0.29) is 5.82 Å². The van der Waals surface area contributed by atoms with E-state index in [4.69, 9.17) is 0 Å². The van der Waals surface area contributed by atoms with Gasteiger partial charge in [-0.15, -0.1) is 0 Å². The molecular formula is C18H27FN2. The van der Waals surface area contributed by atoms with E-state index in [1.165, 1.54) is 38.6 Å². The molecule has 1 N–H and O–H groups in total. The molecule has 0 spiro atoms. The summed E-state index contributed by atoms with van der Waals surface area (Å²) in [5, 5.41) is 3.78. The van der Waals surface area contributed by atoms with Crippen LogP contribution in [0, 0.1) is 17.7 Å². The second-order valence-corrected chi connectivity index (χ2v) is 6.79. The van der Waals surface area contributed by atoms with Crippen molar-refractivity contribution < 1.29 is 4.39 Å². The lowest BCUT2D eigenvalue weighted by Gasteiger charge is -2.40. The number of hydrogen-bond donors (Lipinski definition) is 1. The van der Waals surface area contributed by atoms with Crippen molar-refractivity contribution in [3.8, 4) is 0 Å². The molecule has 1 aromatic carbocycles. The molecule has 1 aliphatic heterocycles. The van der Waals surface area contributed by atoms with Gasteiger partial charge in [0.1, 0.15) is 5.82 Å². The first-order valence-corrected chi connectivity index (χ1v) is 8.48. The zero-order valence-corrected chi connectivity index (χ0v) is 13.0. The first-order valence-electron chi connectivity index (χ1n) is 8.48. The summed E-state index contributed by atoms with van der Waals surface area (Å²) in [5.74, 6) is 1.50. The van der Waals surface area contributed by atoms with Gasteiger partial charge in [-0.2, -0.15) is 0 Å². The fourth-order valence-corrected chi connectivity index (χ4v) is 3.54. The Hall–Kier alpha value is -1.09. The van der Waals surface area contributed by atoms with Gasteiger partial charge in [0.15, 0.2) is 0 Å². The summed E-state index contributed by atoms with van der Waals surface area (Å²) >= 11 is 0. The molecule has 1 saturated carbocycles. The van der Waals surface area contributed by atoms with Gasteiger partial charge < -0.3 is 10.2 Å². The smallest absolute Gasteiger partial charge is 0.123 e. The summed E-state index contributed by atoms with van der Waals surface area (Å²) in [7, 11) is 0. The van der Waals surface area contributed by atoms with E-state index in [2.05, 4.69) is 17.1 Å². The number of hydrogen-bond acceptors (Lipinski definition) is 2. The summed E-state index contributed by atoms with van der Waals surface area (Å²) in [5.41, 5.74) is 1.16. The highest BCUT2D eigenvalue weighted by Crippen LogP contribution is 2.28. The molecule has 3 heteroatoms. The maximum atomic E-state index is 13.1. The van der Waals surface area contributed by atoms with Gasteiger partial charge in [0.05, 0.1) is 0 Å². The van der Waals surface area contributed by atoms with Crippen molar-refractivity contribution >= 4 is 5.69 Å². The average molecular weight is 290 g/mol. The third-order valence-corrected chi connectivity index (χ3v) is 5.23. The number of nitrogens with zero attached hydrogens (tertiary/aromatic N) is 1. The van der Waals surface area contributed by atoms with Crippen molar-refractivity contribution in [2.24, 2.45) is 11.8 Å². The Morgan fingerprint density at radius 3 is 2.52 bits per heavy atom. The van der Waals surface area contributed by atoms with Crippen LogP contribution in [-0.2, 0) is 0 Å². The number of benzene rings is 1. The highest BCUT2D eigenvalue weighted by atomic mass is 19.1. The van der Waals surface area contributed by atoms with Crippen molar-refractivity contribution in [1.82, 2.24) is 5.32 Å². The molecule has 0 aromatic heterocycles. The van der Waals surface area contributed by atoms with Gasteiger partial charge in [-0.25, -0.2) is 4.39 Å². The molecule has 2 unspecified atom stereocenters. The van der Waals surface area contributed by atoms with Gasteiger partial charge in [-0.05, 0) is 61.9 Å². The van der Waals surface area contributed by atoms with Gasteiger partial charge >= 0.3 is 0 Å². The molecule has 2 aliphatic rings. The molecular weight excluding hydrogens is 263 g/mol. The Kier molecular flexibility index (Phi) is 4.79. The molecule has 2 nitrogen and oxygen atoms in total. The molecule has 21 heavy (non-hydrogen) atoms. The zero-order chi connectivity index (χ0) is 14.7. The SMILES string of the molecule is CCC1CC(NCC2CCC2)CN(c2ccc(F)cc2)C1. The van der Waals surface area contributed by atoms with Crippen LogP contribution in [0.2, 0.25) is 0 Å². The van der Waals surface area contributed by atoms with Crippen molar-refractivity contribution in [1.29, 1.82) is 0 Å². The summed E-state index contributed by atoms with van der Waals surface area (Å²) < 4.78 is 13.1. The molecule has 1 heterocycles. The fraction of sp³-hybridized carbons (Fsp3) is 0.667. The average Bonchev–Trinajstić information content (AvgIpc) is 2.46. The largest absolute Gasteiger partial charge is 0.370 e. The predicted octanol–water partition coefficient (Wildman–Crippen LogP) is 3.82. The highest BCUT2D eigenvalue weighted by molar-refractivity contribution is 5.47. The van der Waals surface area contributed by atoms with Gasteiger partial charge in [-0.1, -0.05) is 19.8 Å². The summed E-state index contributed by atoms with van der Waals surface area (Å²) in [4.78, 5) is 2.43. The molecule has 116 valence electrons. The van der Waals surface area contributed by atoms with Crippen molar-refractivity contribution in [2.75, 3.05) is 24.5 Å². The number of nitrogens with one attached hydrogen (secondary N) is 1. The van der Waals surface area contributed by atoms with Crippen molar-refractivity contribution in [3.05, 3.63) is 30.1 Å². The molecule has 0 bridgehead atoms. The summed E-state index contributed by atoms with van der Waals surface area (Å²) in [6, 6.07) is 7.55. The van der Waals surface area contributed by atoms with Crippen LogP contribution in [0.1, 0.15) is 39.0 Å². The van der Waals surface area contributed by atoms with Crippen LogP contribution in [0.15, 0.2) is 24.3 Å². The van der Waals surface area contributed by atoms with Crippen LogP contribution < -0.4 is 10.2 Å². The molecule has 0 radical (unpaired) electrons. The Morgan fingerprint density at radius 1 is 1.14 bits per heavy atom. The topological polar surface area (TPSA) is 15.3 Å². The number of anilines is 1. The molecule has 0 amide bonds. The quantitative estimate of drug-likeness (QED) is 0.887. The Morgan fingerprint density at radius 2 is 1.90 bits per heavy atom. The maximum Gasteiger partial charge on any atom is 0.123 e. The Labute approximate surface area is 127 Å². The number of halogens is 1. The first-order chi connectivity index (χ1) is 10.2. The van der Waals surface area contributed by atoms with Crippen LogP contribution in [0.25, 0.3) is 0 Å². The van der Waals surface area contributed by atoms with Crippen LogP contribution in [0.4, 0.5) is 10.1 Å². The molecule has 1 aromatic rings. The van der Waals surface area contributed by atoms with E-state index < -0.39 is 0 Å². The second kappa shape index (κ2) is 6.78. The van der Waals surface area contributed by atoms with E-state index in [1.807, 2.05) is 12.1 Å². The van der Waals surface area contributed by atoms with E-state index in [0.29, 0.717) is 6.04 Å². The molecule has 1 aliphatic carbocycles. The van der Waals surface area contributed by atoms with E-state index in [0.717, 1.165) is 30.6 Å². The van der Waals surface area contributed by atoms with Crippen LogP contribution >= 0.6 is 0 Å². The lowest BCUT2D eigenvalue weighted by molar-refractivity contribution is 0.262. The lowest BCUT2D eigenvalue weighted by atomic mass is 9.84. The maximum absolute atomic E-state index is 13.1. The molecule has 2 atom stereocenters. The minimum Gasteiger partial charge on any atom is -0.370 e. The Balaban J connectivity index is 1.61. The highest BCUT2D eigenvalue weighted by Gasteiger charge is 2.27. The monoisotopic (exact) mass is 290 g/mol. The summed E-state index contributed by atoms with van der Waals surface area (Å²) in [6.45, 7) is 5.61. The normalized spacial score (nSPS) is 26.7. The third-order valence-electron chi connectivity index (χ3n) is 5.23. The fourth-order valence-electron chi connectivity index (χ4n) is 3.54. The van der Waals surface area contributed by atoms with Crippen LogP contribution in [-0.4, -0.2) is 25.7 Å². The Bertz CT molecular complexity index is 441. The van der Waals surface area contributed by atoms with E-state index >= 15 is 0 Å². The van der Waals surface area contributed by atoms with E-state index in [1.54, 1.807) is 12.1 Å². The molecule has 1 saturated heterocycles. The zero-order valence-electron chi connectivity index (χ0n) is 13.0. The molecule has 2 fully saturated rings. The van der Waals surface area contributed by atoms with Crippen LogP contribution in [0.3, 0.4) is 0 Å². The molecule has 3 rings (SSSR count). The van der Waals surface area contributed by atoms with Crippen molar-refractivity contribution in [2.45, 2.75) is 45.1 Å². The number of piperidine rings is 1. The van der Waals surface area contributed by atoms with Gasteiger partial charge in [0.2, 0.25) is 0 Å². The minimum absolute atomic E-state index is 0.151. The second-order valence-electron chi connectivity index (χ2n) is 6.79. The summed E-state index contributed by atoms with van der Waals surface area (Å²) in [6.07, 6.45) is 6.72. The van der Waals surface area contributed by atoms with Gasteiger partial charge in [-0.3, -0.25) is 0 Å². The van der Waals surface area contributed by atoms with Crippen LogP contribution in [0.5, 0.6) is 0 Å². The predicted molar refractivity (Wildman–Crippen MR) is 86.1 cm³/mol. The first kappa shape index (κ1) is 14.8. The van der Waals surface area contributed by atoms with Crippen molar-refractivity contribution in [3.63, 3.8) is 0 Å². The minimum atomic E-state index is -0.151. The van der Waals surface area contributed by atoms with Gasteiger partial charge in [0.25, 0.3) is 0 Å².